The van der Waals surface area contributed by atoms with E-state index < -0.39 is 34.0 Å². The number of sulfone groups is 1. The van der Waals surface area contributed by atoms with Gasteiger partial charge in [-0.25, -0.2) is 8.42 Å². The van der Waals surface area contributed by atoms with Crippen LogP contribution in [0.2, 0.25) is 0 Å². The molecule has 0 unspecified atom stereocenters. The minimum absolute atomic E-state index is 0.165. The SMILES string of the molecule is Cc1c(CC(=O)O)c(-c2ccccc2)c(S(C)(=O)=O)n1-c1ccc(C(F)(F)F)cc1. The molecule has 3 aromatic rings. The molecule has 0 fully saturated rings. The summed E-state index contributed by atoms with van der Waals surface area (Å²) in [6.07, 6.45) is -3.99. The van der Waals surface area contributed by atoms with Crippen LogP contribution < -0.4 is 0 Å². The Balaban J connectivity index is 2.38. The van der Waals surface area contributed by atoms with Gasteiger partial charge >= 0.3 is 12.1 Å². The van der Waals surface area contributed by atoms with Crippen LogP contribution in [0, 0.1) is 6.92 Å². The van der Waals surface area contributed by atoms with Gasteiger partial charge in [-0.1, -0.05) is 30.3 Å². The average Bonchev–Trinajstić information content (AvgIpc) is 2.94. The van der Waals surface area contributed by atoms with Gasteiger partial charge in [-0.3, -0.25) is 4.79 Å². The first kappa shape index (κ1) is 21.6. The van der Waals surface area contributed by atoms with Crippen molar-refractivity contribution in [3.63, 3.8) is 0 Å². The molecule has 30 heavy (non-hydrogen) atoms. The lowest BCUT2D eigenvalue weighted by Crippen LogP contribution is -2.10. The molecule has 2 aromatic carbocycles. The first-order valence-electron chi connectivity index (χ1n) is 8.80. The van der Waals surface area contributed by atoms with Crippen molar-refractivity contribution in [2.45, 2.75) is 24.5 Å². The van der Waals surface area contributed by atoms with Crippen LogP contribution in [-0.4, -0.2) is 30.3 Å². The third-order valence-electron chi connectivity index (χ3n) is 4.69. The highest BCUT2D eigenvalue weighted by atomic mass is 32.2. The fourth-order valence-electron chi connectivity index (χ4n) is 3.44. The summed E-state index contributed by atoms with van der Waals surface area (Å²) < 4.78 is 65.6. The molecular weight excluding hydrogens is 419 g/mol. The molecule has 1 N–H and O–H groups in total. The van der Waals surface area contributed by atoms with E-state index in [1.54, 1.807) is 37.3 Å². The molecule has 0 bridgehead atoms. The standard InChI is InChI=1S/C21H18F3NO4S/c1-13-17(12-18(26)27)19(14-6-4-3-5-7-14)20(30(2,28)29)25(13)16-10-8-15(9-11-16)21(22,23)24/h3-11H,12H2,1-2H3,(H,26,27). The molecule has 3 rings (SSSR count). The second kappa shape index (κ2) is 7.64. The van der Waals surface area contributed by atoms with E-state index in [9.17, 15) is 31.5 Å². The lowest BCUT2D eigenvalue weighted by molar-refractivity contribution is -0.138. The first-order valence-corrected chi connectivity index (χ1v) is 10.7. The molecule has 0 saturated carbocycles. The molecular formula is C21H18F3NO4S. The molecule has 0 spiro atoms. The maximum Gasteiger partial charge on any atom is 0.416 e. The number of carboxylic acid groups (broad SMARTS) is 1. The molecule has 0 atom stereocenters. The van der Waals surface area contributed by atoms with Gasteiger partial charge in [0.25, 0.3) is 0 Å². The zero-order chi connectivity index (χ0) is 22.3. The Hall–Kier alpha value is -3.07. The molecule has 0 amide bonds. The third kappa shape index (κ3) is 4.11. The quantitative estimate of drug-likeness (QED) is 0.638. The normalized spacial score (nSPS) is 12.2. The van der Waals surface area contributed by atoms with Crippen LogP contribution in [0.3, 0.4) is 0 Å². The largest absolute Gasteiger partial charge is 0.481 e. The summed E-state index contributed by atoms with van der Waals surface area (Å²) in [6, 6.07) is 12.5. The number of carbonyl (C=O) groups is 1. The Labute approximate surface area is 171 Å². The number of aromatic nitrogens is 1. The minimum Gasteiger partial charge on any atom is -0.481 e. The number of carboxylic acids is 1. The van der Waals surface area contributed by atoms with E-state index in [0.29, 0.717) is 11.3 Å². The molecule has 5 nitrogen and oxygen atoms in total. The Morgan fingerprint density at radius 2 is 1.60 bits per heavy atom. The molecule has 0 aliphatic carbocycles. The average molecular weight is 437 g/mol. The maximum atomic E-state index is 12.9. The molecule has 0 saturated heterocycles. The zero-order valence-corrected chi connectivity index (χ0v) is 16.9. The van der Waals surface area contributed by atoms with E-state index in [1.807, 2.05) is 0 Å². The van der Waals surface area contributed by atoms with Crippen molar-refractivity contribution in [1.29, 1.82) is 0 Å². The van der Waals surface area contributed by atoms with Gasteiger partial charge in [-0.15, -0.1) is 0 Å². The van der Waals surface area contributed by atoms with E-state index in [2.05, 4.69) is 0 Å². The number of rotatable bonds is 5. The number of halogens is 3. The van der Waals surface area contributed by atoms with Crippen LogP contribution in [0.1, 0.15) is 16.8 Å². The van der Waals surface area contributed by atoms with Gasteiger partial charge in [0.05, 0.1) is 12.0 Å². The molecule has 0 aliphatic heterocycles. The van der Waals surface area contributed by atoms with Crippen molar-refractivity contribution >= 4 is 15.8 Å². The van der Waals surface area contributed by atoms with E-state index in [1.165, 1.54) is 16.7 Å². The molecule has 1 aromatic heterocycles. The lowest BCUT2D eigenvalue weighted by Gasteiger charge is -2.13. The number of hydrogen-bond donors (Lipinski definition) is 1. The van der Waals surface area contributed by atoms with Crippen molar-refractivity contribution in [3.05, 3.63) is 71.4 Å². The van der Waals surface area contributed by atoms with Crippen LogP contribution in [0.5, 0.6) is 0 Å². The van der Waals surface area contributed by atoms with Crippen LogP contribution in [0.15, 0.2) is 59.6 Å². The molecule has 0 radical (unpaired) electrons. The fourth-order valence-corrected chi connectivity index (χ4v) is 4.63. The number of benzene rings is 2. The van der Waals surface area contributed by atoms with E-state index in [4.69, 9.17) is 0 Å². The number of alkyl halides is 3. The van der Waals surface area contributed by atoms with Gasteiger partial charge in [-0.2, -0.15) is 13.2 Å². The van der Waals surface area contributed by atoms with Crippen LogP contribution in [0.25, 0.3) is 16.8 Å². The molecule has 9 heteroatoms. The van der Waals surface area contributed by atoms with E-state index >= 15 is 0 Å². The summed E-state index contributed by atoms with van der Waals surface area (Å²) in [5.74, 6) is -1.15. The second-order valence-corrected chi connectivity index (χ2v) is 8.76. The minimum atomic E-state index is -4.53. The zero-order valence-electron chi connectivity index (χ0n) is 16.1. The number of nitrogens with zero attached hydrogens (tertiary/aromatic N) is 1. The molecule has 0 aliphatic rings. The number of hydrogen-bond acceptors (Lipinski definition) is 3. The smallest absolute Gasteiger partial charge is 0.416 e. The predicted octanol–water partition coefficient (Wildman–Crippen LogP) is 4.50. The predicted molar refractivity (Wildman–Crippen MR) is 105 cm³/mol. The van der Waals surface area contributed by atoms with Gasteiger partial charge in [0.1, 0.15) is 5.03 Å². The van der Waals surface area contributed by atoms with Crippen LogP contribution >= 0.6 is 0 Å². The summed E-state index contributed by atoms with van der Waals surface area (Å²) in [4.78, 5) is 11.5. The number of aliphatic carboxylic acids is 1. The van der Waals surface area contributed by atoms with Crippen molar-refractivity contribution in [2.24, 2.45) is 0 Å². The van der Waals surface area contributed by atoms with Gasteiger partial charge in [-0.05, 0) is 42.3 Å². The topological polar surface area (TPSA) is 76.4 Å². The van der Waals surface area contributed by atoms with Crippen LogP contribution in [-0.2, 0) is 27.2 Å². The van der Waals surface area contributed by atoms with Gasteiger partial charge in [0.15, 0.2) is 9.84 Å². The van der Waals surface area contributed by atoms with E-state index in [0.717, 1.165) is 18.4 Å². The summed E-state index contributed by atoms with van der Waals surface area (Å²) in [5, 5.41) is 9.21. The summed E-state index contributed by atoms with van der Waals surface area (Å²) in [5.41, 5.74) is 0.673. The Kier molecular flexibility index (Phi) is 5.51. The summed E-state index contributed by atoms with van der Waals surface area (Å²) >= 11 is 0. The van der Waals surface area contributed by atoms with Crippen LogP contribution in [0.4, 0.5) is 13.2 Å². The van der Waals surface area contributed by atoms with Crippen molar-refractivity contribution in [3.8, 4) is 16.8 Å². The summed E-state index contributed by atoms with van der Waals surface area (Å²) in [6.45, 7) is 1.55. The van der Waals surface area contributed by atoms with E-state index in [-0.39, 0.29) is 21.8 Å². The van der Waals surface area contributed by atoms with Crippen molar-refractivity contribution in [2.75, 3.05) is 6.26 Å². The van der Waals surface area contributed by atoms with Gasteiger partial charge in [0, 0.05) is 23.2 Å². The van der Waals surface area contributed by atoms with Gasteiger partial charge < -0.3 is 9.67 Å². The Bertz CT molecular complexity index is 1200. The highest BCUT2D eigenvalue weighted by Gasteiger charge is 2.32. The fraction of sp³-hybridized carbons (Fsp3) is 0.190. The van der Waals surface area contributed by atoms with Crippen molar-refractivity contribution in [1.82, 2.24) is 4.57 Å². The second-order valence-electron chi connectivity index (χ2n) is 6.83. The Morgan fingerprint density at radius 3 is 2.07 bits per heavy atom. The first-order chi connectivity index (χ1) is 13.9. The maximum absolute atomic E-state index is 12.9. The van der Waals surface area contributed by atoms with Crippen molar-refractivity contribution < 1.29 is 31.5 Å². The highest BCUT2D eigenvalue weighted by Crippen LogP contribution is 2.38. The molecule has 158 valence electrons. The molecule has 1 heterocycles. The highest BCUT2D eigenvalue weighted by molar-refractivity contribution is 7.90. The Morgan fingerprint density at radius 1 is 1.03 bits per heavy atom. The summed E-state index contributed by atoms with van der Waals surface area (Å²) in [7, 11) is -3.89. The lowest BCUT2D eigenvalue weighted by atomic mass is 10.0. The monoisotopic (exact) mass is 437 g/mol. The third-order valence-corrected chi connectivity index (χ3v) is 5.77. The van der Waals surface area contributed by atoms with Gasteiger partial charge in [0.2, 0.25) is 0 Å².